The van der Waals surface area contributed by atoms with Crippen LogP contribution < -0.4 is 0 Å². The highest BCUT2D eigenvalue weighted by atomic mass is 79.9. The molecule has 9 heteroatoms. The van der Waals surface area contributed by atoms with Gasteiger partial charge in [0.2, 0.25) is 11.8 Å². The summed E-state index contributed by atoms with van der Waals surface area (Å²) in [6.07, 6.45) is 1.27. The van der Waals surface area contributed by atoms with Gasteiger partial charge in [0.15, 0.2) is 0 Å². The molecule has 3 heterocycles. The fraction of sp³-hybridized carbons (Fsp3) is 0.560. The van der Waals surface area contributed by atoms with E-state index < -0.39 is 47.5 Å². The molecular weight excluding hydrogens is 504 g/mol. The molecule has 3 saturated heterocycles. The molecule has 2 bridgehead atoms. The number of hydrogen-bond donors (Lipinski definition) is 2. The number of ether oxygens (including phenoxy) is 1. The zero-order valence-electron chi connectivity index (χ0n) is 19.3. The number of carbonyl (C=O) groups excluding carboxylic acids is 2. The molecule has 8 nitrogen and oxygen atoms in total. The van der Waals surface area contributed by atoms with Crippen molar-refractivity contribution in [2.75, 3.05) is 13.2 Å². The minimum Gasteiger partial charge on any atom is -0.481 e. The van der Waals surface area contributed by atoms with Crippen molar-refractivity contribution in [2.45, 2.75) is 55.4 Å². The van der Waals surface area contributed by atoms with Gasteiger partial charge in [-0.2, -0.15) is 0 Å². The van der Waals surface area contributed by atoms with Crippen LogP contribution in [0.3, 0.4) is 0 Å². The van der Waals surface area contributed by atoms with Crippen molar-refractivity contribution in [3.05, 3.63) is 48.6 Å². The number of nitrogens with zero attached hydrogens (tertiary/aromatic N) is 2. The van der Waals surface area contributed by atoms with Crippen molar-refractivity contribution < 1.29 is 29.3 Å². The number of aliphatic carboxylic acids is 1. The van der Waals surface area contributed by atoms with Gasteiger partial charge < -0.3 is 24.7 Å². The Kier molecular flexibility index (Phi) is 6.90. The molecule has 3 aliphatic rings. The lowest BCUT2D eigenvalue weighted by atomic mass is 9.70. The molecule has 2 N–H and O–H groups in total. The summed E-state index contributed by atoms with van der Waals surface area (Å²) in [7, 11) is 0. The first-order chi connectivity index (χ1) is 16.2. The molecule has 0 saturated carbocycles. The number of alkyl halides is 1. The first-order valence-corrected chi connectivity index (χ1v) is 12.5. The predicted molar refractivity (Wildman–Crippen MR) is 128 cm³/mol. The maximum atomic E-state index is 14.2. The number of fused-ring (bicyclic) bond motifs is 1. The van der Waals surface area contributed by atoms with Gasteiger partial charge in [0.25, 0.3) is 0 Å². The highest BCUT2D eigenvalue weighted by molar-refractivity contribution is 9.09. The van der Waals surface area contributed by atoms with E-state index in [1.54, 1.807) is 11.0 Å². The molecule has 34 heavy (non-hydrogen) atoms. The average Bonchev–Trinajstić information content (AvgIpc) is 3.38. The number of carbonyl (C=O) groups is 3. The van der Waals surface area contributed by atoms with Crippen LogP contribution in [0.1, 0.15) is 25.8 Å². The molecule has 2 amide bonds. The van der Waals surface area contributed by atoms with E-state index in [-0.39, 0.29) is 29.8 Å². The Hall–Kier alpha value is -2.23. The maximum absolute atomic E-state index is 14.2. The van der Waals surface area contributed by atoms with Crippen molar-refractivity contribution in [2.24, 2.45) is 17.8 Å². The fourth-order valence-corrected chi connectivity index (χ4v) is 6.91. The number of amides is 2. The Morgan fingerprint density at radius 1 is 1.35 bits per heavy atom. The first-order valence-electron chi connectivity index (χ1n) is 11.6. The van der Waals surface area contributed by atoms with Crippen LogP contribution >= 0.6 is 15.9 Å². The normalized spacial score (nSPS) is 32.7. The molecule has 0 aliphatic carbocycles. The molecule has 184 valence electrons. The lowest BCUT2D eigenvalue weighted by Crippen LogP contribution is -2.59. The number of aliphatic hydroxyl groups excluding tert-OH is 1. The molecule has 1 aromatic carbocycles. The Balaban J connectivity index is 1.80. The quantitative estimate of drug-likeness (QED) is 0.371. The second kappa shape index (κ2) is 9.43. The van der Waals surface area contributed by atoms with Crippen LogP contribution in [-0.2, 0) is 25.7 Å². The average molecular weight is 535 g/mol. The van der Waals surface area contributed by atoms with Crippen LogP contribution in [0.25, 0.3) is 0 Å². The summed E-state index contributed by atoms with van der Waals surface area (Å²) in [5.41, 5.74) is -0.349. The molecule has 3 fully saturated rings. The lowest BCUT2D eigenvalue weighted by Gasteiger charge is -2.40. The molecule has 3 unspecified atom stereocenters. The zero-order valence-corrected chi connectivity index (χ0v) is 20.9. The van der Waals surface area contributed by atoms with Crippen LogP contribution in [0.4, 0.5) is 0 Å². The first kappa shape index (κ1) is 24.9. The monoisotopic (exact) mass is 534 g/mol. The van der Waals surface area contributed by atoms with Gasteiger partial charge in [-0.15, -0.1) is 6.58 Å². The largest absolute Gasteiger partial charge is 0.481 e. The van der Waals surface area contributed by atoms with E-state index in [0.717, 1.165) is 5.56 Å². The Labute approximate surface area is 207 Å². The summed E-state index contributed by atoms with van der Waals surface area (Å²) in [6.45, 7) is 7.75. The van der Waals surface area contributed by atoms with Gasteiger partial charge in [-0.25, -0.2) is 0 Å². The van der Waals surface area contributed by atoms with E-state index in [1.165, 1.54) is 4.90 Å². The molecule has 1 aromatic rings. The molecule has 0 aromatic heterocycles. The second-order valence-corrected chi connectivity index (χ2v) is 10.9. The molecular formula is C25H31BrN2O6. The smallest absolute Gasteiger partial charge is 0.310 e. The van der Waals surface area contributed by atoms with E-state index in [2.05, 4.69) is 22.5 Å². The van der Waals surface area contributed by atoms with Crippen LogP contribution in [0.5, 0.6) is 0 Å². The summed E-state index contributed by atoms with van der Waals surface area (Å²) in [6, 6.07) is 7.82. The van der Waals surface area contributed by atoms with Crippen LogP contribution in [0, 0.1) is 17.8 Å². The van der Waals surface area contributed by atoms with E-state index in [1.807, 2.05) is 44.2 Å². The minimum absolute atomic E-state index is 0.151. The van der Waals surface area contributed by atoms with Gasteiger partial charge >= 0.3 is 5.97 Å². The summed E-state index contributed by atoms with van der Waals surface area (Å²) in [4.78, 5) is 43.0. The van der Waals surface area contributed by atoms with E-state index in [9.17, 15) is 24.6 Å². The Morgan fingerprint density at radius 2 is 2.03 bits per heavy atom. The number of carboxylic acid groups (broad SMARTS) is 1. The maximum Gasteiger partial charge on any atom is 0.310 e. The lowest BCUT2D eigenvalue weighted by molar-refractivity contribution is -0.154. The number of carboxylic acids is 1. The van der Waals surface area contributed by atoms with Crippen molar-refractivity contribution in [3.8, 4) is 0 Å². The van der Waals surface area contributed by atoms with Gasteiger partial charge in [-0.05, 0) is 17.9 Å². The molecule has 0 radical (unpaired) electrons. The summed E-state index contributed by atoms with van der Waals surface area (Å²) in [5.74, 6) is -4.06. The van der Waals surface area contributed by atoms with Gasteiger partial charge in [0.05, 0.1) is 30.6 Å². The Morgan fingerprint density at radius 3 is 2.59 bits per heavy atom. The van der Waals surface area contributed by atoms with Crippen molar-refractivity contribution in [1.82, 2.24) is 9.80 Å². The summed E-state index contributed by atoms with van der Waals surface area (Å²) >= 11 is 3.55. The van der Waals surface area contributed by atoms with Crippen molar-refractivity contribution >= 4 is 33.7 Å². The molecule has 1 spiro atoms. The van der Waals surface area contributed by atoms with Gasteiger partial charge in [0, 0.05) is 17.9 Å². The molecule has 3 aliphatic heterocycles. The van der Waals surface area contributed by atoms with E-state index in [0.29, 0.717) is 13.0 Å². The summed E-state index contributed by atoms with van der Waals surface area (Å²) < 4.78 is 6.31. The van der Waals surface area contributed by atoms with E-state index >= 15 is 0 Å². The molecule has 7 atom stereocenters. The van der Waals surface area contributed by atoms with Crippen LogP contribution in [0.2, 0.25) is 0 Å². The van der Waals surface area contributed by atoms with Gasteiger partial charge in [-0.3, -0.25) is 14.4 Å². The van der Waals surface area contributed by atoms with Gasteiger partial charge in [-0.1, -0.05) is 66.2 Å². The second-order valence-electron chi connectivity index (χ2n) is 9.73. The summed E-state index contributed by atoms with van der Waals surface area (Å²) in [5, 5.41) is 20.2. The van der Waals surface area contributed by atoms with E-state index in [4.69, 9.17) is 4.74 Å². The fourth-order valence-electron chi connectivity index (χ4n) is 5.97. The van der Waals surface area contributed by atoms with Crippen LogP contribution in [-0.4, -0.2) is 79.6 Å². The standard InChI is InChI=1S/C25H31BrN2O6/c1-4-10-27(12-15-8-6-5-7-9-15)23(31)21-25-11-16(26)20(34-25)18(24(32)33)19(25)22(30)28(21)17(13-29)14(2)3/h4-9,14,16-21,29H,1,10-13H2,2-3H3,(H,32,33)/t16?,17-,18-,19-,20-,21?,25?/m0/s1. The minimum atomic E-state index is -1.27. The molecule has 4 rings (SSSR count). The van der Waals surface area contributed by atoms with Crippen molar-refractivity contribution in [3.63, 3.8) is 0 Å². The SMILES string of the molecule is C=CCN(Cc1ccccc1)C(=O)C1N([C@@H](CO)C(C)C)C(=O)[C@@H]2[C@H](C(=O)O)[C@H]3OC12CC3Br. The van der Waals surface area contributed by atoms with Crippen LogP contribution in [0.15, 0.2) is 43.0 Å². The number of likely N-dealkylation sites (tertiary alicyclic amines) is 1. The zero-order chi connectivity index (χ0) is 24.8. The number of hydrogen-bond acceptors (Lipinski definition) is 5. The third-order valence-electron chi connectivity index (χ3n) is 7.44. The number of benzene rings is 1. The number of aliphatic hydroxyl groups is 1. The topological polar surface area (TPSA) is 107 Å². The highest BCUT2D eigenvalue weighted by Crippen LogP contribution is 2.60. The van der Waals surface area contributed by atoms with Crippen molar-refractivity contribution in [1.29, 1.82) is 0 Å². The third kappa shape index (κ3) is 3.78. The third-order valence-corrected chi connectivity index (χ3v) is 8.28. The number of rotatable bonds is 9. The highest BCUT2D eigenvalue weighted by Gasteiger charge is 2.77. The number of halogens is 1. The predicted octanol–water partition coefficient (Wildman–Crippen LogP) is 2.05. The van der Waals surface area contributed by atoms with Gasteiger partial charge in [0.1, 0.15) is 11.6 Å². The Bertz CT molecular complexity index is 971.